The average molecular weight is 189 g/mol. The molecule has 1 heterocycles. The number of benzene rings is 1. The molecule has 0 atom stereocenters. The number of hydrogen-bond donors (Lipinski definition) is 1. The van der Waals surface area contributed by atoms with Gasteiger partial charge in [-0.05, 0) is 37.5 Å². The van der Waals surface area contributed by atoms with Gasteiger partial charge in [-0.1, -0.05) is 6.07 Å². The van der Waals surface area contributed by atoms with E-state index in [-0.39, 0.29) is 0 Å². The minimum atomic E-state index is -0.517. The summed E-state index contributed by atoms with van der Waals surface area (Å²) in [6.45, 7) is 5.70. The number of fused-ring (bicyclic) bond motifs is 1. The van der Waals surface area contributed by atoms with Crippen molar-refractivity contribution in [2.45, 2.75) is 20.8 Å². The molecule has 72 valence electrons. The van der Waals surface area contributed by atoms with Gasteiger partial charge in [0, 0.05) is 0 Å². The number of ketones is 1. The van der Waals surface area contributed by atoms with E-state index in [0.29, 0.717) is 11.3 Å². The Morgan fingerprint density at radius 3 is 2.36 bits per heavy atom. The van der Waals surface area contributed by atoms with Crippen LogP contribution in [0.4, 0.5) is 5.69 Å². The van der Waals surface area contributed by atoms with E-state index < -0.39 is 11.7 Å². The van der Waals surface area contributed by atoms with E-state index in [1.54, 1.807) is 0 Å². The van der Waals surface area contributed by atoms with Crippen molar-refractivity contribution in [3.8, 4) is 0 Å². The first-order valence-corrected chi connectivity index (χ1v) is 4.49. The molecule has 2 rings (SSSR count). The fourth-order valence-electron chi connectivity index (χ4n) is 1.82. The molecule has 3 nitrogen and oxygen atoms in total. The van der Waals surface area contributed by atoms with Crippen molar-refractivity contribution in [3.05, 3.63) is 28.3 Å². The minimum Gasteiger partial charge on any atom is -0.318 e. The van der Waals surface area contributed by atoms with Crippen LogP contribution in [0.2, 0.25) is 0 Å². The summed E-state index contributed by atoms with van der Waals surface area (Å²) < 4.78 is 0. The number of hydrogen-bond acceptors (Lipinski definition) is 2. The molecule has 0 bridgehead atoms. The third-order valence-electron chi connectivity index (χ3n) is 2.72. The summed E-state index contributed by atoms with van der Waals surface area (Å²) in [5.74, 6) is -0.930. The van der Waals surface area contributed by atoms with E-state index >= 15 is 0 Å². The average Bonchev–Trinajstić information content (AvgIpc) is 2.41. The van der Waals surface area contributed by atoms with E-state index in [4.69, 9.17) is 0 Å². The normalized spacial score (nSPS) is 14.2. The number of anilines is 1. The van der Waals surface area contributed by atoms with Gasteiger partial charge >= 0.3 is 0 Å². The summed E-state index contributed by atoms with van der Waals surface area (Å²) in [7, 11) is 0. The quantitative estimate of drug-likeness (QED) is 0.632. The molecule has 1 aliphatic rings. The highest BCUT2D eigenvalue weighted by Gasteiger charge is 2.31. The maximum atomic E-state index is 11.5. The highest BCUT2D eigenvalue weighted by atomic mass is 16.2. The largest absolute Gasteiger partial charge is 0.318 e. The maximum Gasteiger partial charge on any atom is 0.296 e. The Kier molecular flexibility index (Phi) is 1.71. The number of nitrogens with one attached hydrogen (secondary N) is 1. The Morgan fingerprint density at radius 1 is 1.07 bits per heavy atom. The van der Waals surface area contributed by atoms with Crippen molar-refractivity contribution in [2.24, 2.45) is 0 Å². The summed E-state index contributed by atoms with van der Waals surface area (Å²) in [4.78, 5) is 22.7. The van der Waals surface area contributed by atoms with E-state index in [1.165, 1.54) is 0 Å². The summed E-state index contributed by atoms with van der Waals surface area (Å²) in [5, 5.41) is 2.60. The van der Waals surface area contributed by atoms with Gasteiger partial charge in [0.1, 0.15) is 0 Å². The molecular formula is C11H11NO2. The number of carbonyl (C=O) groups is 2. The van der Waals surface area contributed by atoms with Gasteiger partial charge in [0.2, 0.25) is 0 Å². The van der Waals surface area contributed by atoms with E-state index in [1.807, 2.05) is 26.8 Å². The van der Waals surface area contributed by atoms with Crippen molar-refractivity contribution in [1.29, 1.82) is 0 Å². The summed E-state index contributed by atoms with van der Waals surface area (Å²) >= 11 is 0. The molecular weight excluding hydrogens is 178 g/mol. The predicted molar refractivity (Wildman–Crippen MR) is 53.6 cm³/mol. The third-order valence-corrected chi connectivity index (χ3v) is 2.72. The van der Waals surface area contributed by atoms with Crippen LogP contribution >= 0.6 is 0 Å². The number of rotatable bonds is 0. The molecule has 1 aromatic rings. The molecule has 0 fully saturated rings. The Labute approximate surface area is 82.1 Å². The summed E-state index contributed by atoms with van der Waals surface area (Å²) in [6, 6.07) is 1.98. The van der Waals surface area contributed by atoms with Gasteiger partial charge in [-0.15, -0.1) is 0 Å². The zero-order valence-corrected chi connectivity index (χ0v) is 8.39. The number of amides is 1. The second-order valence-corrected chi connectivity index (χ2v) is 3.67. The lowest BCUT2D eigenvalue weighted by atomic mass is 9.97. The second-order valence-electron chi connectivity index (χ2n) is 3.67. The number of aryl methyl sites for hydroxylation is 2. The Morgan fingerprint density at radius 2 is 1.71 bits per heavy atom. The van der Waals surface area contributed by atoms with Crippen LogP contribution in [0.3, 0.4) is 0 Å². The standard InChI is InChI=1S/C11H11NO2/c1-5-4-6(2)9-8(7(5)3)10(13)11(14)12-9/h4H,1-3H3,(H,12,13,14). The lowest BCUT2D eigenvalue weighted by molar-refractivity contribution is -0.112. The van der Waals surface area contributed by atoms with Crippen LogP contribution in [-0.4, -0.2) is 11.7 Å². The van der Waals surface area contributed by atoms with Crippen LogP contribution in [0, 0.1) is 20.8 Å². The van der Waals surface area contributed by atoms with Crippen molar-refractivity contribution in [2.75, 3.05) is 5.32 Å². The molecule has 3 heteroatoms. The van der Waals surface area contributed by atoms with Crippen molar-refractivity contribution >= 4 is 17.4 Å². The van der Waals surface area contributed by atoms with Crippen LogP contribution in [0.5, 0.6) is 0 Å². The van der Waals surface area contributed by atoms with Gasteiger partial charge in [-0.2, -0.15) is 0 Å². The van der Waals surface area contributed by atoms with Crippen LogP contribution in [-0.2, 0) is 4.79 Å². The highest BCUT2D eigenvalue weighted by molar-refractivity contribution is 6.52. The molecule has 0 radical (unpaired) electrons. The van der Waals surface area contributed by atoms with Gasteiger partial charge in [-0.25, -0.2) is 0 Å². The van der Waals surface area contributed by atoms with Crippen molar-refractivity contribution in [3.63, 3.8) is 0 Å². The lowest BCUT2D eigenvalue weighted by Crippen LogP contribution is -2.13. The number of Topliss-reactive ketones (excluding diaryl/α,β-unsaturated/α-hetero) is 1. The molecule has 0 aromatic heterocycles. The summed E-state index contributed by atoms with van der Waals surface area (Å²) in [6.07, 6.45) is 0. The van der Waals surface area contributed by atoms with Crippen LogP contribution in [0.15, 0.2) is 6.07 Å². The van der Waals surface area contributed by atoms with E-state index in [0.717, 1.165) is 16.7 Å². The molecule has 0 saturated heterocycles. The fourth-order valence-corrected chi connectivity index (χ4v) is 1.82. The van der Waals surface area contributed by atoms with Crippen molar-refractivity contribution in [1.82, 2.24) is 0 Å². The van der Waals surface area contributed by atoms with Crippen molar-refractivity contribution < 1.29 is 9.59 Å². The fraction of sp³-hybridized carbons (Fsp3) is 0.273. The van der Waals surface area contributed by atoms with E-state index in [2.05, 4.69) is 5.32 Å². The van der Waals surface area contributed by atoms with Gasteiger partial charge in [-0.3, -0.25) is 9.59 Å². The Bertz CT molecular complexity index is 461. The molecule has 1 aliphatic heterocycles. The molecule has 0 aliphatic carbocycles. The molecule has 1 amide bonds. The Hall–Kier alpha value is -1.64. The van der Waals surface area contributed by atoms with Gasteiger partial charge in [0.15, 0.2) is 0 Å². The highest BCUT2D eigenvalue weighted by Crippen LogP contribution is 2.31. The second kappa shape index (κ2) is 2.67. The number of carbonyl (C=O) groups excluding carboxylic acids is 2. The molecule has 0 unspecified atom stereocenters. The minimum absolute atomic E-state index is 0.413. The van der Waals surface area contributed by atoms with Crippen LogP contribution < -0.4 is 5.32 Å². The Balaban J connectivity index is 2.80. The zero-order chi connectivity index (χ0) is 10.5. The van der Waals surface area contributed by atoms with Gasteiger partial charge < -0.3 is 5.32 Å². The monoisotopic (exact) mass is 189 g/mol. The maximum absolute atomic E-state index is 11.5. The molecule has 1 aromatic carbocycles. The van der Waals surface area contributed by atoms with Gasteiger partial charge in [0.05, 0.1) is 11.3 Å². The topological polar surface area (TPSA) is 46.2 Å². The smallest absolute Gasteiger partial charge is 0.296 e. The van der Waals surface area contributed by atoms with E-state index in [9.17, 15) is 9.59 Å². The lowest BCUT2D eigenvalue weighted by Gasteiger charge is -2.08. The first-order chi connectivity index (χ1) is 6.52. The SMILES string of the molecule is Cc1cc(C)c2c(c1C)C(=O)C(=O)N2. The molecule has 14 heavy (non-hydrogen) atoms. The molecule has 0 saturated carbocycles. The summed E-state index contributed by atoms with van der Waals surface area (Å²) in [5.41, 5.74) is 4.12. The molecule has 0 spiro atoms. The zero-order valence-electron chi connectivity index (χ0n) is 8.39. The first-order valence-electron chi connectivity index (χ1n) is 4.49. The van der Waals surface area contributed by atoms with Crippen LogP contribution in [0.1, 0.15) is 27.0 Å². The predicted octanol–water partition coefficient (Wildman–Crippen LogP) is 1.75. The third kappa shape index (κ3) is 0.985. The van der Waals surface area contributed by atoms with Gasteiger partial charge in [0.25, 0.3) is 11.7 Å². The first kappa shape index (κ1) is 8.94. The molecule has 1 N–H and O–H groups in total. The van der Waals surface area contributed by atoms with Crippen LogP contribution in [0.25, 0.3) is 0 Å².